The molecule has 0 unspecified atom stereocenters. The predicted molar refractivity (Wildman–Crippen MR) is 89.1 cm³/mol. The van der Waals surface area contributed by atoms with Crippen LogP contribution in [0.3, 0.4) is 0 Å². The average Bonchev–Trinajstić information content (AvgIpc) is 2.98. The second kappa shape index (κ2) is 8.72. The smallest absolute Gasteiger partial charge is 0.308 e. The van der Waals surface area contributed by atoms with Crippen molar-refractivity contribution in [2.24, 2.45) is 11.8 Å². The fourth-order valence-corrected chi connectivity index (χ4v) is 3.05. The van der Waals surface area contributed by atoms with E-state index < -0.39 is 11.9 Å². The van der Waals surface area contributed by atoms with Crippen molar-refractivity contribution >= 4 is 19.7 Å². The molecule has 1 amide bonds. The van der Waals surface area contributed by atoms with E-state index in [1.807, 2.05) is 30.3 Å². The fraction of sp³-hybridized carbons (Fsp3) is 0.529. The molecular formula is C17H23BN2O3. The number of likely N-dealkylation sites (tertiary alicyclic amines) is 1. The topological polar surface area (TPSA) is 69.6 Å². The zero-order chi connectivity index (χ0) is 16.7. The van der Waals surface area contributed by atoms with E-state index in [2.05, 4.69) is 5.32 Å². The first-order valence-electron chi connectivity index (χ1n) is 8.07. The van der Waals surface area contributed by atoms with Gasteiger partial charge in [-0.05, 0) is 17.9 Å². The van der Waals surface area contributed by atoms with Crippen LogP contribution < -0.4 is 5.32 Å². The first kappa shape index (κ1) is 17.5. The Kier molecular flexibility index (Phi) is 6.65. The number of nitrogens with zero attached hydrogens (tertiary/aromatic N) is 1. The van der Waals surface area contributed by atoms with Gasteiger partial charge in [-0.2, -0.15) is 0 Å². The largest absolute Gasteiger partial charge is 0.481 e. The number of aliphatic carboxylic acids is 1. The molecule has 1 heterocycles. The number of nitrogens with one attached hydrogen (secondary N) is 1. The minimum Gasteiger partial charge on any atom is -0.481 e. The highest BCUT2D eigenvalue weighted by molar-refractivity contribution is 6.08. The maximum atomic E-state index is 12.3. The van der Waals surface area contributed by atoms with Crippen molar-refractivity contribution in [2.45, 2.75) is 25.7 Å². The van der Waals surface area contributed by atoms with Gasteiger partial charge in [-0.1, -0.05) is 43.1 Å². The molecule has 0 aromatic heterocycles. The summed E-state index contributed by atoms with van der Waals surface area (Å²) >= 11 is 0. The molecule has 6 heteroatoms. The zero-order valence-corrected chi connectivity index (χ0v) is 13.3. The molecule has 1 aromatic carbocycles. The molecule has 0 spiro atoms. The Balaban J connectivity index is 1.81. The van der Waals surface area contributed by atoms with Crippen LogP contribution in [-0.4, -0.2) is 49.4 Å². The van der Waals surface area contributed by atoms with E-state index in [-0.39, 0.29) is 18.4 Å². The van der Waals surface area contributed by atoms with Gasteiger partial charge < -0.3 is 15.3 Å². The van der Waals surface area contributed by atoms with Gasteiger partial charge in [-0.15, -0.1) is 0 Å². The van der Waals surface area contributed by atoms with Crippen molar-refractivity contribution < 1.29 is 14.7 Å². The summed E-state index contributed by atoms with van der Waals surface area (Å²) in [7, 11) is 5.51. The number of amides is 1. The van der Waals surface area contributed by atoms with Crippen LogP contribution >= 0.6 is 0 Å². The Morgan fingerprint density at radius 2 is 2.00 bits per heavy atom. The molecule has 2 radical (unpaired) electrons. The standard InChI is InChI=1S/C17H23BN2O3/c18-8-4-7-14-11-20(12-15(14)17(22)23)16(21)10-19-9-13-5-2-1-3-6-13/h1-3,5-6,14-15,19H,4,7-12H2,(H,22,23)/t14-,15+/m0/s1. The summed E-state index contributed by atoms with van der Waals surface area (Å²) in [6.07, 6.45) is 2.10. The highest BCUT2D eigenvalue weighted by Gasteiger charge is 2.38. The summed E-state index contributed by atoms with van der Waals surface area (Å²) in [4.78, 5) is 25.3. The predicted octanol–water partition coefficient (Wildman–Crippen LogP) is 1.30. The molecule has 1 aliphatic heterocycles. The summed E-state index contributed by atoms with van der Waals surface area (Å²) in [5, 5.41) is 12.4. The normalized spacial score (nSPS) is 20.6. The lowest BCUT2D eigenvalue weighted by Crippen LogP contribution is -2.37. The van der Waals surface area contributed by atoms with Gasteiger partial charge in [0.25, 0.3) is 0 Å². The number of carbonyl (C=O) groups excluding carboxylic acids is 1. The van der Waals surface area contributed by atoms with E-state index in [0.29, 0.717) is 26.0 Å². The molecule has 0 saturated carbocycles. The molecule has 2 N–H and O–H groups in total. The molecule has 2 rings (SSSR count). The van der Waals surface area contributed by atoms with Gasteiger partial charge in [0.2, 0.25) is 5.91 Å². The molecule has 1 saturated heterocycles. The Hall–Kier alpha value is -1.82. The van der Waals surface area contributed by atoms with Crippen molar-refractivity contribution in [1.29, 1.82) is 0 Å². The van der Waals surface area contributed by atoms with Crippen LogP contribution in [0.2, 0.25) is 6.32 Å². The van der Waals surface area contributed by atoms with Crippen LogP contribution in [0.5, 0.6) is 0 Å². The van der Waals surface area contributed by atoms with E-state index >= 15 is 0 Å². The molecule has 1 fully saturated rings. The van der Waals surface area contributed by atoms with Crippen LogP contribution in [-0.2, 0) is 16.1 Å². The number of carbonyl (C=O) groups is 2. The van der Waals surface area contributed by atoms with Gasteiger partial charge in [0.1, 0.15) is 0 Å². The summed E-state index contributed by atoms with van der Waals surface area (Å²) < 4.78 is 0. The Morgan fingerprint density at radius 1 is 1.26 bits per heavy atom. The third-order valence-corrected chi connectivity index (χ3v) is 4.34. The lowest BCUT2D eigenvalue weighted by molar-refractivity contribution is -0.142. The van der Waals surface area contributed by atoms with Gasteiger partial charge in [0, 0.05) is 19.6 Å². The van der Waals surface area contributed by atoms with Gasteiger partial charge in [-0.25, -0.2) is 0 Å². The van der Waals surface area contributed by atoms with E-state index in [1.165, 1.54) is 0 Å². The number of carboxylic acid groups (broad SMARTS) is 1. The summed E-state index contributed by atoms with van der Waals surface area (Å²) in [6.45, 7) is 1.67. The number of hydrogen-bond acceptors (Lipinski definition) is 3. The quantitative estimate of drug-likeness (QED) is 0.710. The molecule has 1 aromatic rings. The van der Waals surface area contributed by atoms with E-state index in [0.717, 1.165) is 18.4 Å². The molecule has 2 atom stereocenters. The highest BCUT2D eigenvalue weighted by Crippen LogP contribution is 2.28. The molecule has 5 nitrogen and oxygen atoms in total. The molecule has 0 bridgehead atoms. The molecule has 0 aliphatic carbocycles. The summed E-state index contributed by atoms with van der Waals surface area (Å²) in [5.74, 6) is -1.32. The van der Waals surface area contributed by atoms with Crippen molar-refractivity contribution in [1.82, 2.24) is 10.2 Å². The van der Waals surface area contributed by atoms with Crippen LogP contribution in [0.1, 0.15) is 18.4 Å². The van der Waals surface area contributed by atoms with Crippen molar-refractivity contribution in [3.63, 3.8) is 0 Å². The molecule has 122 valence electrons. The number of hydrogen-bond donors (Lipinski definition) is 2. The van der Waals surface area contributed by atoms with Gasteiger partial charge >= 0.3 is 5.97 Å². The van der Waals surface area contributed by atoms with Crippen molar-refractivity contribution in [3.8, 4) is 0 Å². The van der Waals surface area contributed by atoms with Crippen LogP contribution in [0, 0.1) is 11.8 Å². The average molecular weight is 314 g/mol. The van der Waals surface area contributed by atoms with E-state index in [9.17, 15) is 14.7 Å². The Morgan fingerprint density at radius 3 is 2.65 bits per heavy atom. The van der Waals surface area contributed by atoms with Gasteiger partial charge in [0.05, 0.1) is 20.3 Å². The first-order chi connectivity index (χ1) is 11.1. The maximum Gasteiger partial charge on any atom is 0.308 e. The second-order valence-electron chi connectivity index (χ2n) is 6.02. The monoisotopic (exact) mass is 314 g/mol. The number of rotatable bonds is 8. The van der Waals surface area contributed by atoms with Crippen molar-refractivity contribution in [2.75, 3.05) is 19.6 Å². The van der Waals surface area contributed by atoms with E-state index in [1.54, 1.807) is 4.90 Å². The van der Waals surface area contributed by atoms with Crippen molar-refractivity contribution in [3.05, 3.63) is 35.9 Å². The Labute approximate surface area is 138 Å². The SMILES string of the molecule is [B]CCC[C@H]1CN(C(=O)CNCc2ccccc2)C[C@H]1C(=O)O. The third-order valence-electron chi connectivity index (χ3n) is 4.34. The summed E-state index contributed by atoms with van der Waals surface area (Å²) in [6, 6.07) is 9.86. The lowest BCUT2D eigenvalue weighted by atomic mass is 9.88. The summed E-state index contributed by atoms with van der Waals surface area (Å²) in [5.41, 5.74) is 1.12. The molecule has 23 heavy (non-hydrogen) atoms. The number of benzene rings is 1. The van der Waals surface area contributed by atoms with Gasteiger partial charge in [0.15, 0.2) is 0 Å². The molecule has 1 aliphatic rings. The molecular weight excluding hydrogens is 291 g/mol. The highest BCUT2D eigenvalue weighted by atomic mass is 16.4. The lowest BCUT2D eigenvalue weighted by Gasteiger charge is -2.16. The zero-order valence-electron chi connectivity index (χ0n) is 13.3. The fourth-order valence-electron chi connectivity index (χ4n) is 3.05. The second-order valence-corrected chi connectivity index (χ2v) is 6.02. The minimum absolute atomic E-state index is 0.00845. The third kappa shape index (κ3) is 5.10. The van der Waals surface area contributed by atoms with Crippen LogP contribution in [0.25, 0.3) is 0 Å². The minimum atomic E-state index is -0.820. The van der Waals surface area contributed by atoms with Gasteiger partial charge in [-0.3, -0.25) is 9.59 Å². The Bertz CT molecular complexity index is 524. The number of carboxylic acids is 1. The van der Waals surface area contributed by atoms with Crippen LogP contribution in [0.4, 0.5) is 0 Å². The maximum absolute atomic E-state index is 12.3. The van der Waals surface area contributed by atoms with Crippen LogP contribution in [0.15, 0.2) is 30.3 Å². The first-order valence-corrected chi connectivity index (χ1v) is 8.07. The van der Waals surface area contributed by atoms with E-state index in [4.69, 9.17) is 7.85 Å².